The minimum absolute atomic E-state index is 0.739. The maximum atomic E-state index is 5.20. The highest BCUT2D eigenvalue weighted by atomic mass is 79.9. The average molecular weight is 407 g/mol. The van der Waals surface area contributed by atoms with Gasteiger partial charge in [0.1, 0.15) is 5.75 Å². The third-order valence-corrected chi connectivity index (χ3v) is 5.98. The van der Waals surface area contributed by atoms with E-state index in [0.717, 1.165) is 42.4 Å². The normalized spacial score (nSPS) is 13.6. The number of hydrogen-bond donors (Lipinski definition) is 0. The van der Waals surface area contributed by atoms with Crippen molar-refractivity contribution in [3.8, 4) is 17.1 Å². The van der Waals surface area contributed by atoms with E-state index >= 15 is 0 Å². The number of hydrogen-bond acceptors (Lipinski definition) is 6. The van der Waals surface area contributed by atoms with Crippen molar-refractivity contribution < 1.29 is 4.74 Å². The first kappa shape index (κ1) is 14.9. The van der Waals surface area contributed by atoms with Crippen molar-refractivity contribution in [2.75, 3.05) is 12.9 Å². The smallest absolute Gasteiger partial charge is 0.212 e. The number of ether oxygens (including phenoxy) is 1. The lowest BCUT2D eigenvalue weighted by Crippen LogP contribution is -2.12. The molecule has 0 saturated carbocycles. The van der Waals surface area contributed by atoms with Gasteiger partial charge in [-0.3, -0.25) is 0 Å². The third-order valence-electron chi connectivity index (χ3n) is 3.38. The van der Waals surface area contributed by atoms with Crippen LogP contribution >= 0.6 is 39.0 Å². The topological polar surface area (TPSA) is 52.3 Å². The molecule has 1 aliphatic heterocycles. The molecule has 4 rings (SSSR count). The fourth-order valence-electron chi connectivity index (χ4n) is 2.24. The summed E-state index contributed by atoms with van der Waals surface area (Å²) in [7, 11) is 1.65. The number of rotatable bonds is 3. The number of aromatic nitrogens is 3. The maximum absolute atomic E-state index is 5.20. The van der Waals surface area contributed by atoms with Crippen molar-refractivity contribution in [2.24, 2.45) is 5.10 Å². The first-order valence-corrected chi connectivity index (χ1v) is 9.40. The molecule has 8 heteroatoms. The van der Waals surface area contributed by atoms with Gasteiger partial charge in [-0.25, -0.2) is 0 Å². The van der Waals surface area contributed by atoms with Gasteiger partial charge in [0.15, 0.2) is 5.82 Å². The zero-order chi connectivity index (χ0) is 15.8. The van der Waals surface area contributed by atoms with Crippen molar-refractivity contribution in [3.63, 3.8) is 0 Å². The Bertz CT molecular complexity index is 885. The Labute approximate surface area is 149 Å². The molecule has 0 N–H and O–H groups in total. The van der Waals surface area contributed by atoms with E-state index in [1.165, 1.54) is 0 Å². The highest BCUT2D eigenvalue weighted by molar-refractivity contribution is 9.11. The molecule has 1 aliphatic rings. The molecule has 0 aliphatic carbocycles. The van der Waals surface area contributed by atoms with Crippen LogP contribution < -0.4 is 4.74 Å². The molecule has 3 heterocycles. The molecular formula is C15H11BrN4OS2. The van der Waals surface area contributed by atoms with Gasteiger partial charge in [-0.1, -0.05) is 11.8 Å². The summed E-state index contributed by atoms with van der Waals surface area (Å²) in [6, 6.07) is 11.9. The van der Waals surface area contributed by atoms with Gasteiger partial charge in [0, 0.05) is 11.3 Å². The van der Waals surface area contributed by atoms with E-state index in [1.54, 1.807) is 30.2 Å². The Morgan fingerprint density at radius 3 is 2.65 bits per heavy atom. The van der Waals surface area contributed by atoms with Crippen LogP contribution in [0.3, 0.4) is 0 Å². The summed E-state index contributed by atoms with van der Waals surface area (Å²) in [6.07, 6.45) is 0. The molecule has 0 bridgehead atoms. The van der Waals surface area contributed by atoms with Crippen molar-refractivity contribution in [3.05, 3.63) is 45.1 Å². The van der Waals surface area contributed by atoms with Gasteiger partial charge >= 0.3 is 0 Å². The molecule has 3 aromatic rings. The predicted octanol–water partition coefficient (Wildman–Crippen LogP) is 4.14. The Balaban J connectivity index is 1.75. The van der Waals surface area contributed by atoms with Crippen LogP contribution in [0.5, 0.6) is 5.75 Å². The second-order valence-corrected chi connectivity index (χ2v) is 8.19. The molecule has 0 atom stereocenters. The highest BCUT2D eigenvalue weighted by Crippen LogP contribution is 2.31. The largest absolute Gasteiger partial charge is 0.497 e. The molecule has 0 fully saturated rings. The Hall–Kier alpha value is -1.64. The van der Waals surface area contributed by atoms with Crippen LogP contribution in [-0.4, -0.2) is 33.4 Å². The number of halogens is 1. The molecule has 1 aromatic carbocycles. The second-order valence-electron chi connectivity index (χ2n) is 4.79. The van der Waals surface area contributed by atoms with Crippen LogP contribution in [0.2, 0.25) is 0 Å². The van der Waals surface area contributed by atoms with Crippen LogP contribution in [0.1, 0.15) is 4.88 Å². The van der Waals surface area contributed by atoms with Crippen molar-refractivity contribution in [2.45, 2.75) is 5.16 Å². The summed E-state index contributed by atoms with van der Waals surface area (Å²) in [5, 5.41) is 14.1. The zero-order valence-electron chi connectivity index (χ0n) is 12.1. The monoisotopic (exact) mass is 406 g/mol. The van der Waals surface area contributed by atoms with E-state index in [0.29, 0.717) is 0 Å². The molecule has 23 heavy (non-hydrogen) atoms. The van der Waals surface area contributed by atoms with E-state index in [9.17, 15) is 0 Å². The van der Waals surface area contributed by atoms with Gasteiger partial charge in [-0.2, -0.15) is 9.78 Å². The van der Waals surface area contributed by atoms with E-state index < -0.39 is 0 Å². The first-order valence-electron chi connectivity index (χ1n) is 6.81. The number of nitrogens with zero attached hydrogens (tertiary/aromatic N) is 4. The Morgan fingerprint density at radius 2 is 1.96 bits per heavy atom. The van der Waals surface area contributed by atoms with Crippen LogP contribution in [0.15, 0.2) is 50.4 Å². The van der Waals surface area contributed by atoms with Gasteiger partial charge < -0.3 is 4.74 Å². The fourth-order valence-corrected chi connectivity index (χ4v) is 4.52. The predicted molar refractivity (Wildman–Crippen MR) is 96.7 cm³/mol. The summed E-state index contributed by atoms with van der Waals surface area (Å²) >= 11 is 6.83. The molecule has 0 amide bonds. The average Bonchev–Trinajstić information content (AvgIpc) is 3.20. The van der Waals surface area contributed by atoms with Crippen LogP contribution in [0, 0.1) is 0 Å². The van der Waals surface area contributed by atoms with Crippen molar-refractivity contribution in [1.82, 2.24) is 14.9 Å². The fraction of sp³-hybridized carbons (Fsp3) is 0.133. The molecule has 2 aromatic heterocycles. The van der Waals surface area contributed by atoms with Crippen LogP contribution in [0.25, 0.3) is 11.4 Å². The number of methoxy groups -OCH3 is 1. The quantitative estimate of drug-likeness (QED) is 0.655. The Morgan fingerprint density at radius 1 is 1.13 bits per heavy atom. The van der Waals surface area contributed by atoms with E-state index in [-0.39, 0.29) is 0 Å². The summed E-state index contributed by atoms with van der Waals surface area (Å²) in [4.78, 5) is 1.16. The first-order chi connectivity index (χ1) is 11.2. The SMILES string of the molecule is COc1ccc(-c2nnc3n2N=C(c2ccc(Br)s2)CS3)cc1. The van der Waals surface area contributed by atoms with Gasteiger partial charge in [-0.05, 0) is 52.3 Å². The molecular weight excluding hydrogens is 396 g/mol. The minimum Gasteiger partial charge on any atom is -0.497 e. The summed E-state index contributed by atoms with van der Waals surface area (Å²) in [6.45, 7) is 0. The van der Waals surface area contributed by atoms with Crippen molar-refractivity contribution in [1.29, 1.82) is 0 Å². The second kappa shape index (κ2) is 6.10. The summed E-state index contributed by atoms with van der Waals surface area (Å²) in [5.41, 5.74) is 2.00. The lowest BCUT2D eigenvalue weighted by atomic mass is 10.2. The molecule has 0 unspecified atom stereocenters. The van der Waals surface area contributed by atoms with Gasteiger partial charge in [0.05, 0.1) is 21.5 Å². The van der Waals surface area contributed by atoms with E-state index in [4.69, 9.17) is 9.84 Å². The molecule has 0 saturated heterocycles. The number of thioether (sulfide) groups is 1. The lowest BCUT2D eigenvalue weighted by Gasteiger charge is -2.12. The standard InChI is InChI=1S/C15H11BrN4OS2/c1-21-10-4-2-9(3-5-10)14-17-18-15-20(14)19-11(8-22-15)12-6-7-13(16)23-12/h2-7H,8H2,1H3. The molecule has 5 nitrogen and oxygen atoms in total. The molecule has 116 valence electrons. The minimum atomic E-state index is 0.739. The number of thiophene rings is 1. The van der Waals surface area contributed by atoms with Gasteiger partial charge in [-0.15, -0.1) is 21.5 Å². The summed E-state index contributed by atoms with van der Waals surface area (Å²) in [5.74, 6) is 2.35. The maximum Gasteiger partial charge on any atom is 0.212 e. The van der Waals surface area contributed by atoms with Crippen LogP contribution in [-0.2, 0) is 0 Å². The molecule has 0 spiro atoms. The third kappa shape index (κ3) is 2.82. The zero-order valence-corrected chi connectivity index (χ0v) is 15.3. The van der Waals surface area contributed by atoms with Gasteiger partial charge in [0.25, 0.3) is 0 Å². The highest BCUT2D eigenvalue weighted by Gasteiger charge is 2.21. The van der Waals surface area contributed by atoms with Crippen LogP contribution in [0.4, 0.5) is 0 Å². The van der Waals surface area contributed by atoms with E-state index in [1.807, 2.05) is 35.0 Å². The summed E-state index contributed by atoms with van der Waals surface area (Å²) < 4.78 is 8.12. The van der Waals surface area contributed by atoms with Gasteiger partial charge in [0.2, 0.25) is 5.16 Å². The van der Waals surface area contributed by atoms with E-state index in [2.05, 4.69) is 32.2 Å². The molecule has 0 radical (unpaired) electrons. The number of benzene rings is 1. The number of fused-ring (bicyclic) bond motifs is 1. The lowest BCUT2D eigenvalue weighted by molar-refractivity contribution is 0.415. The Kier molecular flexibility index (Phi) is 3.96. The van der Waals surface area contributed by atoms with Crippen molar-refractivity contribution >= 4 is 44.7 Å².